The highest BCUT2D eigenvalue weighted by Gasteiger charge is 2.43. The van der Waals surface area contributed by atoms with Crippen LogP contribution in [0.2, 0.25) is 0 Å². The maximum atomic E-state index is 13.6. The number of H-pyrrole nitrogens is 1. The van der Waals surface area contributed by atoms with E-state index in [0.717, 1.165) is 45.8 Å². The van der Waals surface area contributed by atoms with Crippen LogP contribution in [-0.2, 0) is 22.6 Å². The van der Waals surface area contributed by atoms with E-state index in [1.807, 2.05) is 23.1 Å². The molecule has 8 heteroatoms. The molecule has 1 unspecified atom stereocenters. The summed E-state index contributed by atoms with van der Waals surface area (Å²) in [6.45, 7) is 1.12. The topological polar surface area (TPSA) is 65.6 Å². The number of anilines is 1. The fourth-order valence-electron chi connectivity index (χ4n) is 4.43. The summed E-state index contributed by atoms with van der Waals surface area (Å²) in [6, 6.07) is 8.27. The summed E-state index contributed by atoms with van der Waals surface area (Å²) in [6.07, 6.45) is 0.743. The molecule has 154 valence electrons. The van der Waals surface area contributed by atoms with Gasteiger partial charge in [-0.15, -0.1) is 0 Å². The van der Waals surface area contributed by atoms with E-state index in [0.29, 0.717) is 13.1 Å². The Morgan fingerprint density at radius 2 is 1.93 bits per heavy atom. The highest BCUT2D eigenvalue weighted by Crippen LogP contribution is 2.33. The van der Waals surface area contributed by atoms with E-state index < -0.39 is 29.5 Å². The molecule has 0 bridgehead atoms. The van der Waals surface area contributed by atoms with Gasteiger partial charge in [0.05, 0.1) is 25.3 Å². The third kappa shape index (κ3) is 2.87. The number of amides is 2. The van der Waals surface area contributed by atoms with Crippen molar-refractivity contribution in [3.8, 4) is 5.75 Å². The first-order valence-electron chi connectivity index (χ1n) is 9.69. The van der Waals surface area contributed by atoms with E-state index in [1.165, 1.54) is 11.6 Å². The van der Waals surface area contributed by atoms with Gasteiger partial charge in [-0.1, -0.05) is 0 Å². The second kappa shape index (κ2) is 6.91. The van der Waals surface area contributed by atoms with E-state index in [4.69, 9.17) is 4.74 Å². The van der Waals surface area contributed by atoms with Crippen molar-refractivity contribution in [2.75, 3.05) is 18.6 Å². The van der Waals surface area contributed by atoms with E-state index in [9.17, 15) is 18.4 Å². The van der Waals surface area contributed by atoms with Gasteiger partial charge in [-0.25, -0.2) is 13.7 Å². The van der Waals surface area contributed by atoms with Crippen molar-refractivity contribution >= 4 is 28.4 Å². The molecule has 1 fully saturated rings. The number of aromatic amines is 1. The first-order chi connectivity index (χ1) is 14.5. The predicted molar refractivity (Wildman–Crippen MR) is 106 cm³/mol. The summed E-state index contributed by atoms with van der Waals surface area (Å²) >= 11 is 0. The third-order valence-electron chi connectivity index (χ3n) is 5.94. The van der Waals surface area contributed by atoms with Crippen molar-refractivity contribution in [3.63, 3.8) is 0 Å². The van der Waals surface area contributed by atoms with Crippen molar-refractivity contribution in [1.29, 1.82) is 0 Å². The van der Waals surface area contributed by atoms with Gasteiger partial charge in [-0.05, 0) is 42.3 Å². The second-order valence-electron chi connectivity index (χ2n) is 7.60. The standard InChI is InChI=1S/C22H19F2N3O3/c1-30-13-3-5-18-15(9-13)14-6-7-26(11-19(14)25-18)20-10-21(28)27(22(20)29)12-2-4-16(23)17(24)8-12/h2-5,8-9,20,25H,6-7,10-11H2,1H3. The number of rotatable bonds is 3. The molecule has 5 rings (SSSR count). The van der Waals surface area contributed by atoms with Gasteiger partial charge in [0.25, 0.3) is 5.91 Å². The van der Waals surface area contributed by atoms with Crippen LogP contribution < -0.4 is 9.64 Å². The number of halogens is 2. The van der Waals surface area contributed by atoms with Crippen LogP contribution in [0.4, 0.5) is 14.5 Å². The Hall–Kier alpha value is -3.26. The number of imide groups is 1. The van der Waals surface area contributed by atoms with Crippen molar-refractivity contribution in [2.45, 2.75) is 25.4 Å². The lowest BCUT2D eigenvalue weighted by atomic mass is 10.0. The molecular weight excluding hydrogens is 392 g/mol. The quantitative estimate of drug-likeness (QED) is 0.673. The molecule has 0 radical (unpaired) electrons. The molecule has 2 amide bonds. The summed E-state index contributed by atoms with van der Waals surface area (Å²) in [5, 5.41) is 1.10. The fourth-order valence-corrected chi connectivity index (χ4v) is 4.43. The molecule has 0 aliphatic carbocycles. The minimum Gasteiger partial charge on any atom is -0.497 e. The van der Waals surface area contributed by atoms with Crippen LogP contribution in [0.5, 0.6) is 5.75 Å². The summed E-state index contributed by atoms with van der Waals surface area (Å²) in [4.78, 5) is 31.9. The number of fused-ring (bicyclic) bond motifs is 3. The van der Waals surface area contributed by atoms with E-state index in [1.54, 1.807) is 7.11 Å². The zero-order valence-corrected chi connectivity index (χ0v) is 16.2. The lowest BCUT2D eigenvalue weighted by Gasteiger charge is -2.30. The van der Waals surface area contributed by atoms with Gasteiger partial charge < -0.3 is 9.72 Å². The lowest BCUT2D eigenvalue weighted by molar-refractivity contribution is -0.123. The highest BCUT2D eigenvalue weighted by molar-refractivity contribution is 6.22. The molecule has 2 aliphatic rings. The lowest BCUT2D eigenvalue weighted by Crippen LogP contribution is -2.44. The SMILES string of the molecule is COc1ccc2[nH]c3c(c2c1)CCN(C1CC(=O)N(c2ccc(F)c(F)c2)C1=O)C3. The van der Waals surface area contributed by atoms with E-state index >= 15 is 0 Å². The average molecular weight is 411 g/mol. The first-order valence-corrected chi connectivity index (χ1v) is 9.69. The minimum absolute atomic E-state index is 0.0151. The zero-order chi connectivity index (χ0) is 21.0. The van der Waals surface area contributed by atoms with Gasteiger partial charge in [-0.2, -0.15) is 0 Å². The molecule has 0 saturated carbocycles. The monoisotopic (exact) mass is 411 g/mol. The molecule has 0 spiro atoms. The molecule has 6 nitrogen and oxygen atoms in total. The number of nitrogens with one attached hydrogen (secondary N) is 1. The summed E-state index contributed by atoms with van der Waals surface area (Å²) in [5.41, 5.74) is 3.26. The number of methoxy groups -OCH3 is 1. The Balaban J connectivity index is 1.41. The number of carbonyl (C=O) groups is 2. The predicted octanol–water partition coefficient (Wildman–Crippen LogP) is 3.14. The average Bonchev–Trinajstić information content (AvgIpc) is 3.25. The van der Waals surface area contributed by atoms with Crippen molar-refractivity contribution in [1.82, 2.24) is 9.88 Å². The molecule has 3 heterocycles. The van der Waals surface area contributed by atoms with Gasteiger partial charge in [0.1, 0.15) is 5.75 Å². The van der Waals surface area contributed by atoms with E-state index in [2.05, 4.69) is 4.98 Å². The van der Waals surface area contributed by atoms with Crippen LogP contribution >= 0.6 is 0 Å². The number of carbonyl (C=O) groups excluding carboxylic acids is 2. The Morgan fingerprint density at radius 1 is 1.10 bits per heavy atom. The first kappa shape index (κ1) is 18.7. The second-order valence-corrected chi connectivity index (χ2v) is 7.60. The number of benzene rings is 2. The van der Waals surface area contributed by atoms with Gasteiger partial charge >= 0.3 is 0 Å². The number of ether oxygens (including phenoxy) is 1. The maximum absolute atomic E-state index is 13.6. The molecule has 1 aromatic heterocycles. The smallest absolute Gasteiger partial charge is 0.251 e. The number of aromatic nitrogens is 1. The van der Waals surface area contributed by atoms with Crippen molar-refractivity contribution in [3.05, 3.63) is 59.3 Å². The molecule has 2 aromatic carbocycles. The van der Waals surface area contributed by atoms with Crippen LogP contribution in [0.3, 0.4) is 0 Å². The molecular formula is C22H19F2N3O3. The summed E-state index contributed by atoms with van der Waals surface area (Å²) in [5.74, 6) is -2.15. The molecule has 3 aromatic rings. The van der Waals surface area contributed by atoms with Crippen LogP contribution in [0.15, 0.2) is 36.4 Å². The number of nitrogens with zero attached hydrogens (tertiary/aromatic N) is 2. The minimum atomic E-state index is -1.09. The van der Waals surface area contributed by atoms with E-state index in [-0.39, 0.29) is 12.1 Å². The number of hydrogen-bond donors (Lipinski definition) is 1. The Labute approximate surface area is 171 Å². The molecule has 30 heavy (non-hydrogen) atoms. The molecule has 1 atom stereocenters. The van der Waals surface area contributed by atoms with Gasteiger partial charge in [0, 0.05) is 35.8 Å². The molecule has 1 N–H and O–H groups in total. The summed E-state index contributed by atoms with van der Waals surface area (Å²) in [7, 11) is 1.63. The van der Waals surface area contributed by atoms with Gasteiger partial charge in [-0.3, -0.25) is 14.5 Å². The van der Waals surface area contributed by atoms with Crippen LogP contribution in [-0.4, -0.2) is 41.4 Å². The van der Waals surface area contributed by atoms with Crippen LogP contribution in [0.1, 0.15) is 17.7 Å². The van der Waals surface area contributed by atoms with Crippen molar-refractivity contribution < 1.29 is 23.1 Å². The fraction of sp³-hybridized carbons (Fsp3) is 0.273. The Bertz CT molecular complexity index is 1190. The highest BCUT2D eigenvalue weighted by atomic mass is 19.2. The van der Waals surface area contributed by atoms with Crippen LogP contribution in [0.25, 0.3) is 10.9 Å². The Kier molecular flexibility index (Phi) is 4.32. The van der Waals surface area contributed by atoms with Crippen molar-refractivity contribution in [2.24, 2.45) is 0 Å². The third-order valence-corrected chi connectivity index (χ3v) is 5.94. The zero-order valence-electron chi connectivity index (χ0n) is 16.2. The Morgan fingerprint density at radius 3 is 2.70 bits per heavy atom. The maximum Gasteiger partial charge on any atom is 0.251 e. The van der Waals surface area contributed by atoms with Crippen LogP contribution in [0, 0.1) is 11.6 Å². The summed E-state index contributed by atoms with van der Waals surface area (Å²) < 4.78 is 32.2. The van der Waals surface area contributed by atoms with Gasteiger partial charge in [0.2, 0.25) is 5.91 Å². The largest absolute Gasteiger partial charge is 0.497 e. The van der Waals surface area contributed by atoms with Gasteiger partial charge in [0.15, 0.2) is 11.6 Å². The normalized spacial score (nSPS) is 19.6. The number of hydrogen-bond acceptors (Lipinski definition) is 4. The molecule has 1 saturated heterocycles. The molecule has 2 aliphatic heterocycles.